The number of nitrogens with zero attached hydrogens (tertiary/aromatic N) is 3. The fraction of sp³-hybridized carbons (Fsp3) is 0.269. The molecule has 9 heteroatoms. The summed E-state index contributed by atoms with van der Waals surface area (Å²) in [5.74, 6) is 0.163. The van der Waals surface area contributed by atoms with E-state index in [9.17, 15) is 14.0 Å². The number of rotatable bonds is 9. The summed E-state index contributed by atoms with van der Waals surface area (Å²) in [6.07, 6.45) is 1.93. The molecule has 2 aromatic carbocycles. The van der Waals surface area contributed by atoms with Crippen LogP contribution in [0.15, 0.2) is 76.4 Å². The van der Waals surface area contributed by atoms with Gasteiger partial charge in [-0.3, -0.25) is 9.59 Å². The molecule has 4 rings (SSSR count). The molecular formula is C26H26FN3O5. The number of carbonyl (C=O) groups excluding carboxylic acids is 2. The van der Waals surface area contributed by atoms with Crippen LogP contribution in [-0.2, 0) is 9.53 Å². The molecule has 0 bridgehead atoms. The van der Waals surface area contributed by atoms with Gasteiger partial charge in [-0.05, 0) is 54.1 Å². The van der Waals surface area contributed by atoms with E-state index in [-0.39, 0.29) is 37.3 Å². The van der Waals surface area contributed by atoms with Crippen molar-refractivity contribution in [2.45, 2.75) is 12.5 Å². The van der Waals surface area contributed by atoms with E-state index in [4.69, 9.17) is 13.9 Å². The summed E-state index contributed by atoms with van der Waals surface area (Å²) < 4.78 is 29.3. The Balaban J connectivity index is 1.58. The number of amides is 2. The zero-order valence-electron chi connectivity index (χ0n) is 19.5. The van der Waals surface area contributed by atoms with Crippen molar-refractivity contribution in [3.8, 4) is 5.75 Å². The lowest BCUT2D eigenvalue weighted by Crippen LogP contribution is -2.42. The van der Waals surface area contributed by atoms with Gasteiger partial charge in [0.2, 0.25) is 0 Å². The summed E-state index contributed by atoms with van der Waals surface area (Å²) in [6.45, 7) is 0.285. The summed E-state index contributed by atoms with van der Waals surface area (Å²) in [4.78, 5) is 28.1. The van der Waals surface area contributed by atoms with Crippen molar-refractivity contribution in [3.63, 3.8) is 0 Å². The number of benzene rings is 2. The van der Waals surface area contributed by atoms with Gasteiger partial charge in [0.1, 0.15) is 29.9 Å². The van der Waals surface area contributed by atoms with E-state index in [1.54, 1.807) is 55.6 Å². The lowest BCUT2D eigenvalue weighted by atomic mass is 10.0. The second kappa shape index (κ2) is 11.0. The van der Waals surface area contributed by atoms with Crippen molar-refractivity contribution in [3.05, 3.63) is 89.6 Å². The van der Waals surface area contributed by atoms with E-state index < -0.39 is 6.04 Å². The van der Waals surface area contributed by atoms with Crippen molar-refractivity contribution in [2.75, 3.05) is 33.9 Å². The number of hydrogen-bond acceptors (Lipinski definition) is 6. The van der Waals surface area contributed by atoms with E-state index in [0.29, 0.717) is 34.8 Å². The highest BCUT2D eigenvalue weighted by Gasteiger charge is 2.36. The maximum absolute atomic E-state index is 13.5. The molecule has 0 unspecified atom stereocenters. The van der Waals surface area contributed by atoms with E-state index in [1.165, 1.54) is 35.4 Å². The van der Waals surface area contributed by atoms with Crippen LogP contribution < -0.4 is 4.74 Å². The summed E-state index contributed by atoms with van der Waals surface area (Å²) in [5.41, 5.74) is 1.77. The van der Waals surface area contributed by atoms with Gasteiger partial charge in [0.15, 0.2) is 0 Å². The predicted octanol–water partition coefficient (Wildman–Crippen LogP) is 3.89. The van der Waals surface area contributed by atoms with Crippen LogP contribution in [0.5, 0.6) is 5.75 Å². The molecule has 0 radical (unpaired) electrons. The molecule has 1 atom stereocenters. The third kappa shape index (κ3) is 5.58. The Hall–Kier alpha value is -3.98. The Morgan fingerprint density at radius 3 is 2.49 bits per heavy atom. The lowest BCUT2D eigenvalue weighted by molar-refractivity contribution is -0.134. The highest BCUT2D eigenvalue weighted by atomic mass is 19.1. The molecule has 0 N–H and O–H groups in total. The summed E-state index contributed by atoms with van der Waals surface area (Å²) >= 11 is 0. The van der Waals surface area contributed by atoms with Gasteiger partial charge in [0.25, 0.3) is 11.8 Å². The fourth-order valence-corrected chi connectivity index (χ4v) is 3.87. The van der Waals surface area contributed by atoms with Gasteiger partial charge in [0, 0.05) is 25.6 Å². The van der Waals surface area contributed by atoms with Gasteiger partial charge >= 0.3 is 0 Å². The van der Waals surface area contributed by atoms with Crippen LogP contribution in [-0.4, -0.2) is 61.4 Å². The molecule has 0 fully saturated rings. The molecule has 1 aliphatic rings. The first-order valence-corrected chi connectivity index (χ1v) is 11.1. The normalized spacial score (nSPS) is 15.1. The second-order valence-corrected chi connectivity index (χ2v) is 7.98. The van der Waals surface area contributed by atoms with Crippen LogP contribution >= 0.6 is 0 Å². The zero-order chi connectivity index (χ0) is 24.8. The molecule has 0 saturated heterocycles. The summed E-state index contributed by atoms with van der Waals surface area (Å²) in [7, 11) is 3.08. The average molecular weight is 480 g/mol. The predicted molar refractivity (Wildman–Crippen MR) is 127 cm³/mol. The van der Waals surface area contributed by atoms with Crippen molar-refractivity contribution < 1.29 is 27.9 Å². The van der Waals surface area contributed by atoms with Crippen LogP contribution in [0.1, 0.15) is 34.1 Å². The van der Waals surface area contributed by atoms with Crippen molar-refractivity contribution in [1.82, 2.24) is 9.91 Å². The molecule has 35 heavy (non-hydrogen) atoms. The molecular weight excluding hydrogens is 453 g/mol. The summed E-state index contributed by atoms with van der Waals surface area (Å²) in [5, 5.41) is 5.89. The molecule has 1 aromatic heterocycles. The molecule has 182 valence electrons. The minimum atomic E-state index is -0.474. The number of hydrazone groups is 1. The van der Waals surface area contributed by atoms with Crippen LogP contribution in [0.4, 0.5) is 4.39 Å². The second-order valence-electron chi connectivity index (χ2n) is 7.98. The first-order chi connectivity index (χ1) is 17.0. The molecule has 2 heterocycles. The Morgan fingerprint density at radius 1 is 1.11 bits per heavy atom. The van der Waals surface area contributed by atoms with Crippen molar-refractivity contribution >= 4 is 17.5 Å². The largest absolute Gasteiger partial charge is 0.497 e. The van der Waals surface area contributed by atoms with Gasteiger partial charge in [-0.1, -0.05) is 12.1 Å². The average Bonchev–Trinajstić information content (AvgIpc) is 3.57. The van der Waals surface area contributed by atoms with E-state index in [2.05, 4.69) is 5.10 Å². The van der Waals surface area contributed by atoms with Crippen molar-refractivity contribution in [2.24, 2.45) is 5.10 Å². The van der Waals surface area contributed by atoms with Gasteiger partial charge in [-0.15, -0.1) is 0 Å². The van der Waals surface area contributed by atoms with Gasteiger partial charge in [-0.2, -0.15) is 5.10 Å². The molecule has 0 spiro atoms. The lowest BCUT2D eigenvalue weighted by Gasteiger charge is -2.26. The number of hydrogen-bond donors (Lipinski definition) is 0. The van der Waals surface area contributed by atoms with Crippen molar-refractivity contribution in [1.29, 1.82) is 0 Å². The quantitative estimate of drug-likeness (QED) is 0.465. The topological polar surface area (TPSA) is 84.6 Å². The smallest absolute Gasteiger partial charge is 0.262 e. The SMILES string of the molecule is COCCN(CC(=O)N1N=C(c2ccc(F)cc2)C[C@H]1c1ccco1)C(=O)c1ccc(OC)cc1. The highest BCUT2D eigenvalue weighted by Crippen LogP contribution is 2.33. The Bertz CT molecular complexity index is 1180. The van der Waals surface area contributed by atoms with Crippen LogP contribution in [0, 0.1) is 5.82 Å². The Morgan fingerprint density at radius 2 is 1.86 bits per heavy atom. The number of furan rings is 1. The Kier molecular flexibility index (Phi) is 7.57. The maximum atomic E-state index is 13.5. The first kappa shape index (κ1) is 24.2. The van der Waals surface area contributed by atoms with E-state index >= 15 is 0 Å². The molecule has 8 nitrogen and oxygen atoms in total. The molecule has 2 amide bonds. The van der Waals surface area contributed by atoms with Crippen LogP contribution in [0.2, 0.25) is 0 Å². The third-order valence-electron chi connectivity index (χ3n) is 5.73. The minimum Gasteiger partial charge on any atom is -0.497 e. The number of ether oxygens (including phenoxy) is 2. The monoisotopic (exact) mass is 479 g/mol. The van der Waals surface area contributed by atoms with Crippen LogP contribution in [0.3, 0.4) is 0 Å². The van der Waals surface area contributed by atoms with Gasteiger partial charge in [-0.25, -0.2) is 9.40 Å². The van der Waals surface area contributed by atoms with Gasteiger partial charge in [0.05, 0.1) is 25.7 Å². The highest BCUT2D eigenvalue weighted by molar-refractivity contribution is 6.03. The zero-order valence-corrected chi connectivity index (χ0v) is 19.5. The third-order valence-corrected chi connectivity index (χ3v) is 5.73. The standard InChI is InChI=1S/C26H26FN3O5/c1-33-15-13-29(26(32)19-7-11-21(34-2)12-8-19)17-25(31)30-23(24-4-3-14-35-24)16-22(28-30)18-5-9-20(27)10-6-18/h3-12,14,23H,13,15-17H2,1-2H3/t23-/m0/s1. The summed E-state index contributed by atoms with van der Waals surface area (Å²) in [6, 6.07) is 15.7. The fourth-order valence-electron chi connectivity index (χ4n) is 3.87. The number of halogens is 1. The van der Waals surface area contributed by atoms with E-state index in [0.717, 1.165) is 0 Å². The first-order valence-electron chi connectivity index (χ1n) is 11.1. The minimum absolute atomic E-state index is 0.203. The van der Waals surface area contributed by atoms with Crippen LogP contribution in [0.25, 0.3) is 0 Å². The molecule has 1 aliphatic heterocycles. The van der Waals surface area contributed by atoms with E-state index in [1.807, 2.05) is 0 Å². The molecule has 3 aromatic rings. The molecule has 0 aliphatic carbocycles. The van der Waals surface area contributed by atoms with Gasteiger partial charge < -0.3 is 18.8 Å². The molecule has 0 saturated carbocycles. The number of carbonyl (C=O) groups is 2. The maximum Gasteiger partial charge on any atom is 0.262 e. The number of methoxy groups -OCH3 is 2. The Labute approximate surface area is 202 Å².